The summed E-state index contributed by atoms with van der Waals surface area (Å²) in [5.41, 5.74) is 3.35. The third-order valence-corrected chi connectivity index (χ3v) is 4.89. The molecule has 0 radical (unpaired) electrons. The Kier molecular flexibility index (Phi) is 4.05. The van der Waals surface area contributed by atoms with Crippen molar-refractivity contribution in [3.05, 3.63) is 71.9 Å². The summed E-state index contributed by atoms with van der Waals surface area (Å²) in [6, 6.07) is 18.0. The molecule has 0 spiro atoms. The van der Waals surface area contributed by atoms with Crippen molar-refractivity contribution in [1.82, 2.24) is 9.88 Å². The molecule has 1 fully saturated rings. The molecule has 1 aliphatic rings. The summed E-state index contributed by atoms with van der Waals surface area (Å²) in [5, 5.41) is 1.31. The topological polar surface area (TPSA) is 40.5 Å². The Labute approximate surface area is 141 Å². The third kappa shape index (κ3) is 2.93. The number of carbonyl (C=O) groups is 1. The van der Waals surface area contributed by atoms with Gasteiger partial charge >= 0.3 is 0 Å². The SMILES string of the molecule is O=C(c1ccccc1)N1CC[NH+](Cc2c[nH]c3ccccc23)CC1. The van der Waals surface area contributed by atoms with Crippen LogP contribution >= 0.6 is 0 Å². The second-order valence-electron chi connectivity index (χ2n) is 6.44. The number of aromatic nitrogens is 1. The summed E-state index contributed by atoms with van der Waals surface area (Å²) in [4.78, 5) is 19.4. The van der Waals surface area contributed by atoms with Crippen molar-refractivity contribution in [2.24, 2.45) is 0 Å². The molecule has 3 aromatic rings. The lowest BCUT2D eigenvalue weighted by molar-refractivity contribution is -0.917. The minimum Gasteiger partial charge on any atom is -0.361 e. The van der Waals surface area contributed by atoms with Gasteiger partial charge in [0.15, 0.2) is 0 Å². The lowest BCUT2D eigenvalue weighted by Gasteiger charge is -2.32. The average molecular weight is 320 g/mol. The van der Waals surface area contributed by atoms with Gasteiger partial charge in [-0.15, -0.1) is 0 Å². The Morgan fingerprint density at radius 2 is 1.71 bits per heavy atom. The number of amides is 1. The Balaban J connectivity index is 1.39. The van der Waals surface area contributed by atoms with E-state index in [0.717, 1.165) is 38.3 Å². The number of fused-ring (bicyclic) bond motifs is 1. The van der Waals surface area contributed by atoms with Crippen LogP contribution in [0.4, 0.5) is 0 Å². The van der Waals surface area contributed by atoms with E-state index >= 15 is 0 Å². The van der Waals surface area contributed by atoms with Crippen molar-refractivity contribution in [2.75, 3.05) is 26.2 Å². The second kappa shape index (κ2) is 6.49. The Morgan fingerprint density at radius 3 is 2.50 bits per heavy atom. The molecule has 2 aromatic carbocycles. The number of piperazine rings is 1. The van der Waals surface area contributed by atoms with Crippen LogP contribution in [0.5, 0.6) is 0 Å². The van der Waals surface area contributed by atoms with Crippen molar-refractivity contribution < 1.29 is 9.69 Å². The molecule has 0 bridgehead atoms. The molecule has 1 aromatic heterocycles. The number of carbonyl (C=O) groups excluding carboxylic acids is 1. The molecule has 1 aliphatic heterocycles. The fourth-order valence-corrected chi connectivity index (χ4v) is 3.51. The second-order valence-corrected chi connectivity index (χ2v) is 6.44. The van der Waals surface area contributed by atoms with Crippen molar-refractivity contribution in [3.8, 4) is 0 Å². The van der Waals surface area contributed by atoms with Crippen molar-refractivity contribution >= 4 is 16.8 Å². The summed E-state index contributed by atoms with van der Waals surface area (Å²) in [6.07, 6.45) is 2.12. The van der Waals surface area contributed by atoms with Crippen LogP contribution in [-0.2, 0) is 6.54 Å². The van der Waals surface area contributed by atoms with Crippen LogP contribution in [0.3, 0.4) is 0 Å². The number of rotatable bonds is 3. The Morgan fingerprint density at radius 1 is 1.00 bits per heavy atom. The van der Waals surface area contributed by atoms with E-state index in [-0.39, 0.29) is 5.91 Å². The maximum absolute atomic E-state index is 12.5. The minimum absolute atomic E-state index is 0.154. The van der Waals surface area contributed by atoms with Gasteiger partial charge in [0.2, 0.25) is 0 Å². The van der Waals surface area contributed by atoms with Gasteiger partial charge < -0.3 is 14.8 Å². The van der Waals surface area contributed by atoms with Crippen LogP contribution in [0.15, 0.2) is 60.8 Å². The first-order valence-corrected chi connectivity index (χ1v) is 8.54. The normalized spacial score (nSPS) is 15.8. The molecule has 2 N–H and O–H groups in total. The number of H-pyrrole nitrogens is 1. The van der Waals surface area contributed by atoms with Crippen LogP contribution < -0.4 is 4.90 Å². The first-order chi connectivity index (χ1) is 11.8. The highest BCUT2D eigenvalue weighted by Gasteiger charge is 2.25. The van der Waals surface area contributed by atoms with E-state index in [4.69, 9.17) is 0 Å². The van der Waals surface area contributed by atoms with Crippen molar-refractivity contribution in [1.29, 1.82) is 0 Å². The fraction of sp³-hybridized carbons (Fsp3) is 0.250. The van der Waals surface area contributed by atoms with Crippen LogP contribution in [0, 0.1) is 0 Å². The molecule has 0 aliphatic carbocycles. The zero-order chi connectivity index (χ0) is 16.4. The lowest BCUT2D eigenvalue weighted by atomic mass is 10.1. The highest BCUT2D eigenvalue weighted by Crippen LogP contribution is 2.16. The van der Waals surface area contributed by atoms with Crippen LogP contribution in [0.25, 0.3) is 10.9 Å². The van der Waals surface area contributed by atoms with Gasteiger partial charge in [0.05, 0.1) is 26.2 Å². The summed E-state index contributed by atoms with van der Waals surface area (Å²) in [5.74, 6) is 0.154. The van der Waals surface area contributed by atoms with E-state index in [1.165, 1.54) is 21.4 Å². The number of hydrogen-bond acceptors (Lipinski definition) is 1. The molecule has 2 heterocycles. The Bertz CT molecular complexity index is 832. The quantitative estimate of drug-likeness (QED) is 0.758. The number of nitrogens with one attached hydrogen (secondary N) is 2. The number of para-hydroxylation sites is 1. The maximum atomic E-state index is 12.5. The van der Waals surface area contributed by atoms with Gasteiger partial charge in [-0.25, -0.2) is 0 Å². The summed E-state index contributed by atoms with van der Waals surface area (Å²) < 4.78 is 0. The molecule has 1 amide bonds. The molecule has 24 heavy (non-hydrogen) atoms. The van der Waals surface area contributed by atoms with Crippen LogP contribution in [-0.4, -0.2) is 42.0 Å². The smallest absolute Gasteiger partial charge is 0.254 e. The van der Waals surface area contributed by atoms with Crippen LogP contribution in [0.1, 0.15) is 15.9 Å². The molecule has 4 nitrogen and oxygen atoms in total. The summed E-state index contributed by atoms with van der Waals surface area (Å²) >= 11 is 0. The zero-order valence-electron chi connectivity index (χ0n) is 13.7. The summed E-state index contributed by atoms with van der Waals surface area (Å²) in [7, 11) is 0. The largest absolute Gasteiger partial charge is 0.361 e. The first-order valence-electron chi connectivity index (χ1n) is 8.54. The molecular formula is C20H22N3O+. The highest BCUT2D eigenvalue weighted by molar-refractivity contribution is 5.94. The van der Waals surface area contributed by atoms with E-state index < -0.39 is 0 Å². The monoisotopic (exact) mass is 320 g/mol. The Hall–Kier alpha value is -2.59. The molecule has 0 atom stereocenters. The van der Waals surface area contributed by atoms with E-state index in [2.05, 4.69) is 35.4 Å². The maximum Gasteiger partial charge on any atom is 0.254 e. The van der Waals surface area contributed by atoms with E-state index in [0.29, 0.717) is 0 Å². The highest BCUT2D eigenvalue weighted by atomic mass is 16.2. The van der Waals surface area contributed by atoms with Gasteiger partial charge in [-0.2, -0.15) is 0 Å². The van der Waals surface area contributed by atoms with E-state index in [9.17, 15) is 4.79 Å². The fourth-order valence-electron chi connectivity index (χ4n) is 3.51. The van der Waals surface area contributed by atoms with Crippen molar-refractivity contribution in [3.63, 3.8) is 0 Å². The molecule has 122 valence electrons. The van der Waals surface area contributed by atoms with E-state index in [1.807, 2.05) is 35.2 Å². The lowest BCUT2D eigenvalue weighted by Crippen LogP contribution is -3.13. The molecule has 4 rings (SSSR count). The van der Waals surface area contributed by atoms with Gasteiger partial charge in [0.1, 0.15) is 6.54 Å². The van der Waals surface area contributed by atoms with Gasteiger partial charge in [-0.05, 0) is 18.2 Å². The molecule has 0 saturated carbocycles. The van der Waals surface area contributed by atoms with Crippen LogP contribution in [0.2, 0.25) is 0 Å². The molecule has 1 saturated heterocycles. The van der Waals surface area contributed by atoms with Gasteiger partial charge in [0.25, 0.3) is 5.91 Å². The van der Waals surface area contributed by atoms with Gasteiger partial charge in [-0.3, -0.25) is 4.79 Å². The number of nitrogens with zero attached hydrogens (tertiary/aromatic N) is 1. The molecule has 0 unspecified atom stereocenters. The van der Waals surface area contributed by atoms with E-state index in [1.54, 1.807) is 0 Å². The van der Waals surface area contributed by atoms with Gasteiger partial charge in [0, 0.05) is 28.2 Å². The predicted molar refractivity (Wildman–Crippen MR) is 95.0 cm³/mol. The number of quaternary nitrogens is 1. The summed E-state index contributed by atoms with van der Waals surface area (Å²) in [6.45, 7) is 4.66. The van der Waals surface area contributed by atoms with Crippen molar-refractivity contribution in [2.45, 2.75) is 6.54 Å². The average Bonchev–Trinajstić information content (AvgIpc) is 3.06. The third-order valence-electron chi connectivity index (χ3n) is 4.89. The number of aromatic amines is 1. The zero-order valence-corrected chi connectivity index (χ0v) is 13.7. The van der Waals surface area contributed by atoms with Gasteiger partial charge in [-0.1, -0.05) is 36.4 Å². The number of hydrogen-bond donors (Lipinski definition) is 2. The molecular weight excluding hydrogens is 298 g/mol. The standard InChI is InChI=1S/C20H21N3O/c24-20(16-6-2-1-3-7-16)23-12-10-22(11-13-23)15-17-14-21-19-9-5-4-8-18(17)19/h1-9,14,21H,10-13,15H2/p+1. The number of benzene rings is 2. The molecule has 4 heteroatoms. The first kappa shape index (κ1) is 15.0. The predicted octanol–water partition coefficient (Wildman–Crippen LogP) is 1.71. The minimum atomic E-state index is 0.154.